The van der Waals surface area contributed by atoms with Crippen molar-refractivity contribution in [1.29, 1.82) is 0 Å². The molecule has 0 spiro atoms. The number of methoxy groups -OCH3 is 2. The molecular formula is C59H58F2N8O6. The third-order valence-corrected chi connectivity index (χ3v) is 13.4. The molecule has 0 aliphatic carbocycles. The number of nitrogens with zero attached hydrogens (tertiary/aromatic N) is 8. The van der Waals surface area contributed by atoms with E-state index in [2.05, 4.69) is 64.9 Å². The zero-order chi connectivity index (χ0) is 52.9. The molecule has 2 amide bonds. The number of carbonyl (C=O) groups excluding carboxylic acids is 2. The summed E-state index contributed by atoms with van der Waals surface area (Å²) in [4.78, 5) is 47.7. The first kappa shape index (κ1) is 51.3. The summed E-state index contributed by atoms with van der Waals surface area (Å²) < 4.78 is 55.0. The maximum Gasteiger partial charge on any atom is 0.298 e. The molecule has 384 valence electrons. The molecule has 2 saturated heterocycles. The number of imidazole rings is 2. The molecule has 6 heterocycles. The first-order chi connectivity index (χ1) is 36.3. The molecule has 4 aromatic heterocycles. The highest BCUT2D eigenvalue weighted by Gasteiger charge is 2.33. The second-order valence-electron chi connectivity index (χ2n) is 18.9. The van der Waals surface area contributed by atoms with Gasteiger partial charge in [0.1, 0.15) is 23.1 Å². The molecule has 10 rings (SSSR count). The number of carbonyl (C=O) groups is 2. The molecule has 2 atom stereocenters. The van der Waals surface area contributed by atoms with Crippen LogP contribution in [0.15, 0.2) is 122 Å². The Labute approximate surface area is 434 Å². The van der Waals surface area contributed by atoms with Crippen LogP contribution in [0.2, 0.25) is 0 Å². The Balaban J connectivity index is 0.000000184. The smallest absolute Gasteiger partial charge is 0.298 e. The highest BCUT2D eigenvalue weighted by molar-refractivity contribution is 5.93. The third kappa shape index (κ3) is 10.5. The van der Waals surface area contributed by atoms with Gasteiger partial charge in [0.05, 0.1) is 48.0 Å². The molecule has 14 nitrogen and oxygen atoms in total. The van der Waals surface area contributed by atoms with Crippen molar-refractivity contribution in [3.05, 3.63) is 157 Å². The van der Waals surface area contributed by atoms with Crippen molar-refractivity contribution in [3.63, 3.8) is 0 Å². The van der Waals surface area contributed by atoms with Gasteiger partial charge in [0.15, 0.2) is 23.0 Å². The Bertz CT molecular complexity index is 3470. The molecule has 0 N–H and O–H groups in total. The minimum Gasteiger partial charge on any atom is -0.494 e. The summed E-state index contributed by atoms with van der Waals surface area (Å²) in [6.45, 7) is 16.2. The second kappa shape index (κ2) is 22.3. The number of fused-ring (bicyclic) bond motifs is 2. The van der Waals surface area contributed by atoms with Crippen molar-refractivity contribution < 1.29 is 37.3 Å². The van der Waals surface area contributed by atoms with Gasteiger partial charge in [-0.3, -0.25) is 28.4 Å². The number of hydrogen-bond acceptors (Lipinski definition) is 10. The summed E-state index contributed by atoms with van der Waals surface area (Å²) in [6, 6.07) is 24.4. The minimum absolute atomic E-state index is 0.0591. The van der Waals surface area contributed by atoms with Crippen molar-refractivity contribution >= 4 is 22.8 Å². The van der Waals surface area contributed by atoms with Crippen molar-refractivity contribution in [2.45, 2.75) is 71.1 Å². The molecule has 16 heteroatoms. The van der Waals surface area contributed by atoms with Crippen LogP contribution >= 0.6 is 0 Å². The van der Waals surface area contributed by atoms with Crippen LogP contribution in [-0.4, -0.2) is 90.8 Å². The average Bonchev–Trinajstić information content (AvgIpc) is 4.30. The van der Waals surface area contributed by atoms with Gasteiger partial charge in [-0.05, 0) is 116 Å². The van der Waals surface area contributed by atoms with E-state index in [1.165, 1.54) is 20.3 Å². The van der Waals surface area contributed by atoms with Gasteiger partial charge in [0.25, 0.3) is 5.91 Å². The maximum atomic E-state index is 14.6. The standard InChI is InChI=1S/C30H29FN4O3.C29H29FN4O3/c1-5-7-25(36)34-16-14-21(18-34)30-33-28(29-27(19(2)3)32-15-17-35(29)30)20-10-12-22(13-11-20)38-24-9-6-8-23(37-4)26(24)31;1-5-24(35)33-15-13-20(17-33)29-32-27(28-26(18(2)3)31-14-16-34(28)29)19-9-11-21(12-10-19)37-23-8-6-7-22(36-4)25(23)30/h6,8-13,15,17,19,21H,14,16,18H2,1-4H3;5-12,14,16,18,20H,1,13,15,17H2,2-4H3/t21-;20-/m11/s1. The molecule has 75 heavy (non-hydrogen) atoms. The van der Waals surface area contributed by atoms with Crippen LogP contribution in [0.5, 0.6) is 34.5 Å². The largest absolute Gasteiger partial charge is 0.494 e. The Kier molecular flexibility index (Phi) is 15.2. The summed E-state index contributed by atoms with van der Waals surface area (Å²) in [5.74, 6) is 7.82. The number of rotatable bonds is 13. The summed E-state index contributed by atoms with van der Waals surface area (Å²) in [5.41, 5.74) is 7.22. The lowest BCUT2D eigenvalue weighted by Crippen LogP contribution is -2.27. The van der Waals surface area contributed by atoms with E-state index in [0.717, 1.165) is 69.4 Å². The van der Waals surface area contributed by atoms with E-state index in [0.29, 0.717) is 37.7 Å². The van der Waals surface area contributed by atoms with Gasteiger partial charge in [-0.1, -0.05) is 52.3 Å². The van der Waals surface area contributed by atoms with Crippen molar-refractivity contribution in [1.82, 2.24) is 38.5 Å². The fourth-order valence-electron chi connectivity index (χ4n) is 9.71. The normalized spacial score (nSPS) is 15.2. The lowest BCUT2D eigenvalue weighted by molar-refractivity contribution is -0.125. The van der Waals surface area contributed by atoms with Gasteiger partial charge in [0.2, 0.25) is 17.5 Å². The Hall–Kier alpha value is -8.58. The van der Waals surface area contributed by atoms with Crippen LogP contribution in [0.3, 0.4) is 0 Å². The zero-order valence-corrected chi connectivity index (χ0v) is 43.0. The van der Waals surface area contributed by atoms with Crippen molar-refractivity contribution in [2.24, 2.45) is 0 Å². The number of benzene rings is 4. The summed E-state index contributed by atoms with van der Waals surface area (Å²) in [6.07, 6.45) is 10.5. The first-order valence-corrected chi connectivity index (χ1v) is 24.9. The number of likely N-dealkylation sites (tertiary alicyclic amines) is 2. The van der Waals surface area contributed by atoms with Gasteiger partial charge >= 0.3 is 0 Å². The molecule has 0 saturated carbocycles. The van der Waals surface area contributed by atoms with Crippen LogP contribution < -0.4 is 18.9 Å². The maximum absolute atomic E-state index is 14.6. The summed E-state index contributed by atoms with van der Waals surface area (Å²) in [5, 5.41) is 0. The highest BCUT2D eigenvalue weighted by Crippen LogP contribution is 2.39. The fraction of sp³-hybridized carbons (Fsp3) is 0.288. The van der Waals surface area contributed by atoms with E-state index in [4.69, 9.17) is 28.9 Å². The van der Waals surface area contributed by atoms with E-state index >= 15 is 0 Å². The first-order valence-electron chi connectivity index (χ1n) is 24.9. The molecular weight excluding hydrogens is 955 g/mol. The van der Waals surface area contributed by atoms with Gasteiger partial charge in [-0.15, -0.1) is 0 Å². The summed E-state index contributed by atoms with van der Waals surface area (Å²) >= 11 is 0. The quantitative estimate of drug-likeness (QED) is 0.0810. The van der Waals surface area contributed by atoms with E-state index in [1.807, 2.05) is 41.6 Å². The van der Waals surface area contributed by atoms with Gasteiger partial charge < -0.3 is 28.7 Å². The molecule has 2 fully saturated rings. The van der Waals surface area contributed by atoms with Crippen LogP contribution in [0.1, 0.15) is 94.2 Å². The van der Waals surface area contributed by atoms with Crippen LogP contribution in [0.25, 0.3) is 33.5 Å². The van der Waals surface area contributed by atoms with E-state index in [1.54, 1.807) is 84.9 Å². The second-order valence-corrected chi connectivity index (χ2v) is 18.9. The topological polar surface area (TPSA) is 138 Å². The molecule has 0 unspecified atom stereocenters. The third-order valence-electron chi connectivity index (χ3n) is 13.4. The minimum atomic E-state index is -0.550. The van der Waals surface area contributed by atoms with Crippen molar-refractivity contribution in [3.8, 4) is 68.9 Å². The number of hydrogen-bond donors (Lipinski definition) is 0. The van der Waals surface area contributed by atoms with Crippen molar-refractivity contribution in [2.75, 3.05) is 40.4 Å². The van der Waals surface area contributed by atoms with E-state index < -0.39 is 11.6 Å². The molecule has 2 aliphatic heterocycles. The number of halogens is 2. The average molecular weight is 1010 g/mol. The Morgan fingerprint density at radius 1 is 0.653 bits per heavy atom. The van der Waals surface area contributed by atoms with E-state index in [-0.39, 0.29) is 58.5 Å². The Morgan fingerprint density at radius 2 is 1.08 bits per heavy atom. The predicted octanol–water partition coefficient (Wildman–Crippen LogP) is 11.8. The number of ether oxygens (including phenoxy) is 4. The summed E-state index contributed by atoms with van der Waals surface area (Å²) in [7, 11) is 2.84. The highest BCUT2D eigenvalue weighted by atomic mass is 19.1. The molecule has 4 aromatic carbocycles. The van der Waals surface area contributed by atoms with Crippen LogP contribution in [0.4, 0.5) is 8.78 Å². The number of amides is 2. The predicted molar refractivity (Wildman–Crippen MR) is 283 cm³/mol. The molecule has 8 aromatic rings. The lowest BCUT2D eigenvalue weighted by Gasteiger charge is -2.14. The zero-order valence-electron chi connectivity index (χ0n) is 43.0. The molecule has 2 aliphatic rings. The number of aromatic nitrogens is 6. The fourth-order valence-corrected chi connectivity index (χ4v) is 9.71. The molecule has 0 bridgehead atoms. The van der Waals surface area contributed by atoms with Gasteiger partial charge in [0, 0.05) is 73.9 Å². The van der Waals surface area contributed by atoms with E-state index in [9.17, 15) is 18.4 Å². The van der Waals surface area contributed by atoms with Gasteiger partial charge in [-0.25, -0.2) is 9.97 Å². The lowest BCUT2D eigenvalue weighted by atomic mass is 10.0. The van der Waals surface area contributed by atoms with Crippen LogP contribution in [-0.2, 0) is 9.59 Å². The van der Waals surface area contributed by atoms with Crippen LogP contribution in [0, 0.1) is 23.5 Å². The monoisotopic (exact) mass is 1010 g/mol. The SMILES string of the molecule is C=CC(=O)N1CC[C@@H](c2nc(-c3ccc(Oc4cccc(OC)c4F)cc3)c3c(C(C)C)nccn23)C1.CC#CC(=O)N1CC[C@@H](c2nc(-c3ccc(Oc4cccc(OC)c4F)cc3)c3c(C(C)C)nccn23)C1. The Morgan fingerprint density at radius 3 is 1.49 bits per heavy atom. The molecule has 0 radical (unpaired) electrons. The van der Waals surface area contributed by atoms with Gasteiger partial charge in [-0.2, -0.15) is 8.78 Å².